The van der Waals surface area contributed by atoms with Gasteiger partial charge >= 0.3 is 0 Å². The summed E-state index contributed by atoms with van der Waals surface area (Å²) in [5.41, 5.74) is 0.941. The van der Waals surface area contributed by atoms with Crippen molar-refractivity contribution < 1.29 is 13.3 Å². The average molecular weight is 313 g/mol. The summed E-state index contributed by atoms with van der Waals surface area (Å²) in [6, 6.07) is 6.34. The molecule has 0 amide bonds. The monoisotopic (exact) mass is 313 g/mol. The number of anilines is 1. The van der Waals surface area contributed by atoms with Gasteiger partial charge in [-0.05, 0) is 18.6 Å². The predicted molar refractivity (Wildman–Crippen MR) is 81.0 cm³/mol. The Morgan fingerprint density at radius 1 is 1.14 bits per heavy atom. The largest absolute Gasteiger partial charge is 0.369 e. The standard InChI is InChI=1S/C13H19N3O4S/c1-2-11-21(19,20)15-9-7-14(8-10-15)12-3-5-13(6-4-12)16(17)18/h3-6H,2,7-11H2,1H3. The SMILES string of the molecule is CCCS(=O)(=O)N1CCN(c2ccc([N+](=O)[O-])cc2)CC1. The van der Waals surface area contributed by atoms with E-state index in [9.17, 15) is 18.5 Å². The molecule has 0 atom stereocenters. The van der Waals surface area contributed by atoms with Gasteiger partial charge in [-0.1, -0.05) is 6.92 Å². The smallest absolute Gasteiger partial charge is 0.269 e. The maximum Gasteiger partial charge on any atom is 0.269 e. The highest BCUT2D eigenvalue weighted by molar-refractivity contribution is 7.89. The van der Waals surface area contributed by atoms with E-state index in [0.717, 1.165) is 5.69 Å². The van der Waals surface area contributed by atoms with Crippen LogP contribution >= 0.6 is 0 Å². The Morgan fingerprint density at radius 2 is 1.71 bits per heavy atom. The molecule has 1 fully saturated rings. The minimum absolute atomic E-state index is 0.0582. The lowest BCUT2D eigenvalue weighted by Gasteiger charge is -2.35. The lowest BCUT2D eigenvalue weighted by molar-refractivity contribution is -0.384. The number of benzene rings is 1. The molecule has 0 N–H and O–H groups in total. The van der Waals surface area contributed by atoms with E-state index in [0.29, 0.717) is 32.6 Å². The molecular weight excluding hydrogens is 294 g/mol. The minimum Gasteiger partial charge on any atom is -0.369 e. The van der Waals surface area contributed by atoms with E-state index in [1.54, 1.807) is 12.1 Å². The number of hydrogen-bond donors (Lipinski definition) is 0. The highest BCUT2D eigenvalue weighted by Crippen LogP contribution is 2.21. The normalized spacial score (nSPS) is 16.9. The second-order valence-corrected chi connectivity index (χ2v) is 7.06. The maximum absolute atomic E-state index is 12.0. The van der Waals surface area contributed by atoms with E-state index in [1.165, 1.54) is 16.4 Å². The van der Waals surface area contributed by atoms with Crippen molar-refractivity contribution >= 4 is 21.4 Å². The van der Waals surface area contributed by atoms with E-state index in [-0.39, 0.29) is 11.4 Å². The van der Waals surface area contributed by atoms with Crippen LogP contribution in [0.1, 0.15) is 13.3 Å². The van der Waals surface area contributed by atoms with Crippen molar-refractivity contribution in [3.05, 3.63) is 34.4 Å². The Hall–Kier alpha value is -1.67. The first-order chi connectivity index (χ1) is 9.94. The van der Waals surface area contributed by atoms with Crippen LogP contribution in [0, 0.1) is 10.1 Å². The number of hydrogen-bond acceptors (Lipinski definition) is 5. The molecule has 0 radical (unpaired) electrons. The van der Waals surface area contributed by atoms with E-state index in [2.05, 4.69) is 0 Å². The molecule has 0 unspecified atom stereocenters. The molecule has 0 aliphatic carbocycles. The zero-order valence-electron chi connectivity index (χ0n) is 11.9. The first-order valence-electron chi connectivity index (χ1n) is 6.91. The molecule has 0 aromatic heterocycles. The quantitative estimate of drug-likeness (QED) is 0.607. The molecule has 1 aromatic rings. The van der Waals surface area contributed by atoms with Gasteiger partial charge in [0.15, 0.2) is 0 Å². The minimum atomic E-state index is -3.14. The Balaban J connectivity index is 1.99. The lowest BCUT2D eigenvalue weighted by atomic mass is 10.2. The Kier molecular flexibility index (Phi) is 4.79. The van der Waals surface area contributed by atoms with E-state index in [4.69, 9.17) is 0 Å². The Labute approximate surface area is 124 Å². The molecule has 116 valence electrons. The number of nitro benzene ring substituents is 1. The number of non-ortho nitro benzene ring substituents is 1. The highest BCUT2D eigenvalue weighted by atomic mass is 32.2. The van der Waals surface area contributed by atoms with Crippen molar-refractivity contribution in [2.45, 2.75) is 13.3 Å². The Bertz CT molecular complexity index is 592. The second kappa shape index (κ2) is 6.40. The summed E-state index contributed by atoms with van der Waals surface area (Å²) in [5.74, 6) is 0.185. The third-order valence-electron chi connectivity index (χ3n) is 3.52. The number of nitro groups is 1. The van der Waals surface area contributed by atoms with Gasteiger partial charge in [0.25, 0.3) is 5.69 Å². The van der Waals surface area contributed by atoms with Crippen LogP contribution in [0.2, 0.25) is 0 Å². The van der Waals surface area contributed by atoms with Crippen LogP contribution in [0.25, 0.3) is 0 Å². The highest BCUT2D eigenvalue weighted by Gasteiger charge is 2.26. The summed E-state index contributed by atoms with van der Waals surface area (Å²) in [4.78, 5) is 12.2. The summed E-state index contributed by atoms with van der Waals surface area (Å²) < 4.78 is 25.5. The molecule has 1 aliphatic rings. The third kappa shape index (κ3) is 3.70. The molecule has 2 rings (SSSR count). The van der Waals surface area contributed by atoms with Crippen LogP contribution in [0.4, 0.5) is 11.4 Å². The fraction of sp³-hybridized carbons (Fsp3) is 0.538. The van der Waals surface area contributed by atoms with Gasteiger partial charge < -0.3 is 4.90 Å². The number of piperazine rings is 1. The predicted octanol–water partition coefficient (Wildman–Crippen LogP) is 1.46. The van der Waals surface area contributed by atoms with Crippen LogP contribution < -0.4 is 4.90 Å². The topological polar surface area (TPSA) is 83.8 Å². The summed E-state index contributed by atoms with van der Waals surface area (Å²) in [5, 5.41) is 10.6. The van der Waals surface area contributed by atoms with E-state index in [1.807, 2.05) is 11.8 Å². The fourth-order valence-corrected chi connectivity index (χ4v) is 3.89. The fourth-order valence-electron chi connectivity index (χ4n) is 2.40. The average Bonchev–Trinajstić information content (AvgIpc) is 2.47. The van der Waals surface area contributed by atoms with Gasteiger partial charge in [0.2, 0.25) is 10.0 Å². The van der Waals surface area contributed by atoms with Crippen LogP contribution in [-0.2, 0) is 10.0 Å². The van der Waals surface area contributed by atoms with Crippen molar-refractivity contribution in [3.8, 4) is 0 Å². The van der Waals surface area contributed by atoms with Crippen LogP contribution in [-0.4, -0.2) is 49.6 Å². The summed E-state index contributed by atoms with van der Waals surface area (Å²) in [7, 11) is -3.14. The van der Waals surface area contributed by atoms with Crippen molar-refractivity contribution in [2.75, 3.05) is 36.8 Å². The van der Waals surface area contributed by atoms with E-state index < -0.39 is 14.9 Å². The van der Waals surface area contributed by atoms with Crippen molar-refractivity contribution in [1.29, 1.82) is 0 Å². The number of sulfonamides is 1. The zero-order valence-corrected chi connectivity index (χ0v) is 12.8. The van der Waals surface area contributed by atoms with Crippen molar-refractivity contribution in [3.63, 3.8) is 0 Å². The van der Waals surface area contributed by atoms with E-state index >= 15 is 0 Å². The van der Waals surface area contributed by atoms with Crippen molar-refractivity contribution in [1.82, 2.24) is 4.31 Å². The van der Waals surface area contributed by atoms with Gasteiger partial charge in [0.05, 0.1) is 10.7 Å². The third-order valence-corrected chi connectivity index (χ3v) is 5.60. The molecule has 21 heavy (non-hydrogen) atoms. The first kappa shape index (κ1) is 15.7. The van der Waals surface area contributed by atoms with Gasteiger partial charge in [-0.2, -0.15) is 4.31 Å². The van der Waals surface area contributed by atoms with Gasteiger partial charge in [0, 0.05) is 44.0 Å². The number of rotatable bonds is 5. The lowest BCUT2D eigenvalue weighted by Crippen LogP contribution is -2.49. The summed E-state index contributed by atoms with van der Waals surface area (Å²) >= 11 is 0. The molecule has 0 saturated carbocycles. The van der Waals surface area contributed by atoms with Crippen LogP contribution in [0.3, 0.4) is 0 Å². The molecule has 1 aromatic carbocycles. The summed E-state index contributed by atoms with van der Waals surface area (Å²) in [6.45, 7) is 3.96. The molecule has 0 spiro atoms. The van der Waals surface area contributed by atoms with Gasteiger partial charge in [0.1, 0.15) is 0 Å². The van der Waals surface area contributed by atoms with Gasteiger partial charge in [-0.15, -0.1) is 0 Å². The maximum atomic E-state index is 12.0. The molecule has 7 nitrogen and oxygen atoms in total. The van der Waals surface area contributed by atoms with Crippen molar-refractivity contribution in [2.24, 2.45) is 0 Å². The summed E-state index contributed by atoms with van der Waals surface area (Å²) in [6.07, 6.45) is 0.616. The van der Waals surface area contributed by atoms with Crippen LogP contribution in [0.15, 0.2) is 24.3 Å². The second-order valence-electron chi connectivity index (χ2n) is 4.98. The number of nitrogens with zero attached hydrogens (tertiary/aromatic N) is 3. The molecule has 8 heteroatoms. The molecule has 1 saturated heterocycles. The van der Waals surface area contributed by atoms with Gasteiger partial charge in [-0.25, -0.2) is 8.42 Å². The molecular formula is C13H19N3O4S. The molecule has 1 heterocycles. The molecule has 0 bridgehead atoms. The zero-order chi connectivity index (χ0) is 15.5. The Morgan fingerprint density at radius 3 is 2.19 bits per heavy atom. The van der Waals surface area contributed by atoms with Gasteiger partial charge in [-0.3, -0.25) is 10.1 Å². The van der Waals surface area contributed by atoms with Crippen LogP contribution in [0.5, 0.6) is 0 Å². The first-order valence-corrected chi connectivity index (χ1v) is 8.52. The molecule has 1 aliphatic heterocycles.